The Hall–Kier alpha value is -1.57. The summed E-state index contributed by atoms with van der Waals surface area (Å²) < 4.78 is 11.1. The van der Waals surface area contributed by atoms with Crippen LogP contribution in [0.15, 0.2) is 18.5 Å². The Bertz CT molecular complexity index is 417. The number of nitrogens with zero attached hydrogens (tertiary/aromatic N) is 1. The van der Waals surface area contributed by atoms with Crippen LogP contribution in [0.3, 0.4) is 0 Å². The van der Waals surface area contributed by atoms with Gasteiger partial charge >= 0.3 is 0 Å². The summed E-state index contributed by atoms with van der Waals surface area (Å²) in [5.41, 5.74) is 6.16. The van der Waals surface area contributed by atoms with Gasteiger partial charge in [0, 0.05) is 24.6 Å². The minimum atomic E-state index is 0.225. The van der Waals surface area contributed by atoms with Crippen molar-refractivity contribution in [3.8, 4) is 17.6 Å². The molecule has 2 rings (SSSR count). The van der Waals surface area contributed by atoms with Gasteiger partial charge in [-0.25, -0.2) is 0 Å². The monoisotopic (exact) mass is 232 g/mol. The molecule has 17 heavy (non-hydrogen) atoms. The highest BCUT2D eigenvalue weighted by atomic mass is 16.5. The van der Waals surface area contributed by atoms with E-state index in [0.29, 0.717) is 6.54 Å². The molecule has 2 N–H and O–H groups in total. The molecule has 1 aromatic rings. The first kappa shape index (κ1) is 11.9. The molecule has 4 heteroatoms. The Kier molecular flexibility index (Phi) is 4.37. The van der Waals surface area contributed by atoms with E-state index in [1.54, 1.807) is 12.4 Å². The maximum absolute atomic E-state index is 5.83. The second-order valence-electron chi connectivity index (χ2n) is 3.84. The number of nitrogens with two attached hydrogens (primary N) is 1. The topological polar surface area (TPSA) is 57.4 Å². The standard InChI is InChI=1S/C13H16N2O2/c14-5-1-2-11-8-13(10-15-9-11)17-12-3-6-16-7-4-12/h8-10,12H,3-7,14H2. The van der Waals surface area contributed by atoms with Crippen molar-refractivity contribution in [3.63, 3.8) is 0 Å². The van der Waals surface area contributed by atoms with Gasteiger partial charge in [0.25, 0.3) is 0 Å². The highest BCUT2D eigenvalue weighted by Crippen LogP contribution is 2.17. The first-order chi connectivity index (χ1) is 8.38. The predicted octanol–water partition coefficient (Wildman–Crippen LogP) is 0.950. The maximum Gasteiger partial charge on any atom is 0.139 e. The number of ether oxygens (including phenoxy) is 2. The van der Waals surface area contributed by atoms with E-state index >= 15 is 0 Å². The van der Waals surface area contributed by atoms with Crippen LogP contribution >= 0.6 is 0 Å². The molecule has 4 nitrogen and oxygen atoms in total. The van der Waals surface area contributed by atoms with E-state index in [-0.39, 0.29) is 6.10 Å². The number of hydrogen-bond acceptors (Lipinski definition) is 4. The van der Waals surface area contributed by atoms with Crippen molar-refractivity contribution in [2.45, 2.75) is 18.9 Å². The van der Waals surface area contributed by atoms with Crippen molar-refractivity contribution in [1.82, 2.24) is 4.98 Å². The van der Waals surface area contributed by atoms with Gasteiger partial charge in [-0.05, 0) is 6.07 Å². The van der Waals surface area contributed by atoms with Gasteiger partial charge in [0.15, 0.2) is 0 Å². The van der Waals surface area contributed by atoms with E-state index in [1.165, 1.54) is 0 Å². The first-order valence-electron chi connectivity index (χ1n) is 5.77. The highest BCUT2D eigenvalue weighted by Gasteiger charge is 2.15. The summed E-state index contributed by atoms with van der Waals surface area (Å²) in [7, 11) is 0. The summed E-state index contributed by atoms with van der Waals surface area (Å²) in [6, 6.07) is 1.89. The minimum Gasteiger partial charge on any atom is -0.489 e. The van der Waals surface area contributed by atoms with Gasteiger partial charge < -0.3 is 15.2 Å². The lowest BCUT2D eigenvalue weighted by Gasteiger charge is -2.23. The second kappa shape index (κ2) is 6.24. The van der Waals surface area contributed by atoms with Crippen molar-refractivity contribution in [1.29, 1.82) is 0 Å². The van der Waals surface area contributed by atoms with Crippen LogP contribution in [-0.2, 0) is 4.74 Å². The second-order valence-corrected chi connectivity index (χ2v) is 3.84. The Balaban J connectivity index is 2.00. The van der Waals surface area contributed by atoms with Crippen LogP contribution in [-0.4, -0.2) is 30.8 Å². The Morgan fingerprint density at radius 1 is 1.41 bits per heavy atom. The molecule has 1 fully saturated rings. The zero-order valence-corrected chi connectivity index (χ0v) is 9.69. The van der Waals surface area contributed by atoms with Crippen molar-refractivity contribution >= 4 is 0 Å². The van der Waals surface area contributed by atoms with Crippen molar-refractivity contribution in [3.05, 3.63) is 24.0 Å². The van der Waals surface area contributed by atoms with Crippen molar-refractivity contribution < 1.29 is 9.47 Å². The van der Waals surface area contributed by atoms with Gasteiger partial charge in [-0.3, -0.25) is 4.98 Å². The molecule has 0 aliphatic carbocycles. The summed E-state index contributed by atoms with van der Waals surface area (Å²) in [6.07, 6.45) is 5.50. The highest BCUT2D eigenvalue weighted by molar-refractivity contribution is 5.36. The molecule has 0 radical (unpaired) electrons. The lowest BCUT2D eigenvalue weighted by molar-refractivity contribution is 0.0254. The molecule has 0 saturated carbocycles. The Morgan fingerprint density at radius 3 is 3.00 bits per heavy atom. The van der Waals surface area contributed by atoms with E-state index in [4.69, 9.17) is 15.2 Å². The molecule has 2 heterocycles. The van der Waals surface area contributed by atoms with E-state index in [0.717, 1.165) is 37.4 Å². The molecule has 0 spiro atoms. The molecule has 0 unspecified atom stereocenters. The first-order valence-corrected chi connectivity index (χ1v) is 5.77. The van der Waals surface area contributed by atoms with Gasteiger partial charge in [0.1, 0.15) is 11.9 Å². The molecule has 1 aliphatic rings. The molecule has 0 bridgehead atoms. The third-order valence-corrected chi connectivity index (χ3v) is 2.52. The molecule has 1 saturated heterocycles. The lowest BCUT2D eigenvalue weighted by atomic mass is 10.1. The fraction of sp³-hybridized carbons (Fsp3) is 0.462. The van der Waals surface area contributed by atoms with Crippen LogP contribution in [0.1, 0.15) is 18.4 Å². The van der Waals surface area contributed by atoms with Crippen LogP contribution in [0.4, 0.5) is 0 Å². The number of hydrogen-bond donors (Lipinski definition) is 1. The molecule has 0 atom stereocenters. The average Bonchev–Trinajstić information content (AvgIpc) is 2.38. The van der Waals surface area contributed by atoms with E-state index in [9.17, 15) is 0 Å². The molecule has 1 aromatic heterocycles. The lowest BCUT2D eigenvalue weighted by Crippen LogP contribution is -2.25. The SMILES string of the molecule is NCC#Cc1cncc(OC2CCOCC2)c1. The smallest absolute Gasteiger partial charge is 0.139 e. The largest absolute Gasteiger partial charge is 0.489 e. The van der Waals surface area contributed by atoms with Crippen LogP contribution < -0.4 is 10.5 Å². The summed E-state index contributed by atoms with van der Waals surface area (Å²) >= 11 is 0. The Labute approximate surface area is 101 Å². The quantitative estimate of drug-likeness (QED) is 0.771. The fourth-order valence-electron chi connectivity index (χ4n) is 1.69. The van der Waals surface area contributed by atoms with Gasteiger partial charge in [-0.2, -0.15) is 0 Å². The van der Waals surface area contributed by atoms with Gasteiger partial charge in [0.2, 0.25) is 0 Å². The third-order valence-electron chi connectivity index (χ3n) is 2.52. The van der Waals surface area contributed by atoms with Gasteiger partial charge in [-0.15, -0.1) is 0 Å². The molecular weight excluding hydrogens is 216 g/mol. The van der Waals surface area contributed by atoms with Crippen LogP contribution in [0, 0.1) is 11.8 Å². The summed E-state index contributed by atoms with van der Waals surface area (Å²) in [5.74, 6) is 6.50. The normalized spacial score (nSPS) is 16.1. The summed E-state index contributed by atoms with van der Waals surface area (Å²) in [5, 5.41) is 0. The van der Waals surface area contributed by atoms with Crippen LogP contribution in [0.2, 0.25) is 0 Å². The van der Waals surface area contributed by atoms with E-state index < -0.39 is 0 Å². The average molecular weight is 232 g/mol. The van der Waals surface area contributed by atoms with Gasteiger partial charge in [0.05, 0.1) is 26.0 Å². The van der Waals surface area contributed by atoms with Gasteiger partial charge in [-0.1, -0.05) is 11.8 Å². The number of rotatable bonds is 2. The summed E-state index contributed by atoms with van der Waals surface area (Å²) in [6.45, 7) is 1.89. The number of aromatic nitrogens is 1. The minimum absolute atomic E-state index is 0.225. The maximum atomic E-state index is 5.83. The van der Waals surface area contributed by atoms with Crippen molar-refractivity contribution in [2.24, 2.45) is 5.73 Å². The van der Waals surface area contributed by atoms with Crippen LogP contribution in [0.5, 0.6) is 5.75 Å². The molecule has 0 amide bonds. The van der Waals surface area contributed by atoms with Crippen LogP contribution in [0.25, 0.3) is 0 Å². The van der Waals surface area contributed by atoms with Crippen molar-refractivity contribution in [2.75, 3.05) is 19.8 Å². The predicted molar refractivity (Wildman–Crippen MR) is 64.6 cm³/mol. The Morgan fingerprint density at radius 2 is 2.24 bits per heavy atom. The zero-order chi connectivity index (χ0) is 11.9. The molecule has 0 aromatic carbocycles. The van der Waals surface area contributed by atoms with E-state index in [2.05, 4.69) is 16.8 Å². The molecule has 90 valence electrons. The number of pyridine rings is 1. The molecular formula is C13H16N2O2. The third kappa shape index (κ3) is 3.74. The fourth-order valence-corrected chi connectivity index (χ4v) is 1.69. The molecule has 1 aliphatic heterocycles. The zero-order valence-electron chi connectivity index (χ0n) is 9.69. The summed E-state index contributed by atoms with van der Waals surface area (Å²) in [4.78, 5) is 4.10. The van der Waals surface area contributed by atoms with E-state index in [1.807, 2.05) is 6.07 Å².